The number of carbonyl (C=O) groups is 9. The van der Waals surface area contributed by atoms with Crippen LogP contribution in [0.4, 0.5) is 4.39 Å². The highest BCUT2D eigenvalue weighted by Crippen LogP contribution is 2.32. The highest BCUT2D eigenvalue weighted by molar-refractivity contribution is 7.98. The summed E-state index contributed by atoms with van der Waals surface area (Å²) in [6, 6.07) is 16.9. The number of hydrogen-bond acceptors (Lipinski definition) is 15. The molecule has 8 bridgehead atoms. The normalized spacial score (nSPS) is 26.3. The van der Waals surface area contributed by atoms with Gasteiger partial charge < -0.3 is 71.9 Å². The fourth-order valence-corrected chi connectivity index (χ4v) is 14.1. The third kappa shape index (κ3) is 18.4. The van der Waals surface area contributed by atoms with Gasteiger partial charge in [0.25, 0.3) is 0 Å². The molecule has 10 atom stereocenters. The number of aromatic nitrogens is 1. The number of amides is 9. The van der Waals surface area contributed by atoms with E-state index in [0.717, 1.165) is 16.7 Å². The van der Waals surface area contributed by atoms with Gasteiger partial charge in [0.15, 0.2) is 0 Å². The molecule has 4 aromatic carbocycles. The molecule has 0 radical (unpaired) electrons. The van der Waals surface area contributed by atoms with Crippen molar-refractivity contribution in [3.8, 4) is 5.75 Å². The third-order valence-electron chi connectivity index (χ3n) is 17.9. The average molecular weight is 1340 g/mol. The van der Waals surface area contributed by atoms with Crippen LogP contribution in [-0.4, -0.2) is 186 Å². The number of carbonyl (C=O) groups excluding carboxylic acids is 9. The number of aromatic amines is 1. The second kappa shape index (κ2) is 33.4. The molecule has 508 valence electrons. The Morgan fingerprint density at radius 1 is 0.726 bits per heavy atom. The minimum absolute atomic E-state index is 0.00647. The van der Waals surface area contributed by atoms with E-state index in [-0.39, 0.29) is 64.3 Å². The van der Waals surface area contributed by atoms with Crippen molar-refractivity contribution >= 4 is 87.6 Å². The minimum Gasteiger partial charge on any atom is -0.497 e. The van der Waals surface area contributed by atoms with Crippen molar-refractivity contribution in [1.29, 1.82) is 0 Å². The Kier molecular flexibility index (Phi) is 25.0. The zero-order chi connectivity index (χ0) is 67.8. The molecule has 0 saturated carbocycles. The summed E-state index contributed by atoms with van der Waals surface area (Å²) in [5, 5.41) is 20.3. The van der Waals surface area contributed by atoms with E-state index in [1.54, 1.807) is 68.2 Å². The van der Waals surface area contributed by atoms with Gasteiger partial charge in [-0.2, -0.15) is 23.5 Å². The van der Waals surface area contributed by atoms with Crippen LogP contribution < -0.4 is 47.7 Å². The maximum atomic E-state index is 15.7. The number of H-pyrrole nitrogens is 1. The molecule has 95 heavy (non-hydrogen) atoms. The molecule has 23 nitrogen and oxygen atoms in total. The lowest BCUT2D eigenvalue weighted by atomic mass is 9.95. The maximum absolute atomic E-state index is 15.7. The first-order valence-electron chi connectivity index (χ1n) is 32.2. The predicted octanol–water partition coefficient (Wildman–Crippen LogP) is 3.43. The van der Waals surface area contributed by atoms with Gasteiger partial charge in [0.1, 0.15) is 59.4 Å². The predicted molar refractivity (Wildman–Crippen MR) is 360 cm³/mol. The van der Waals surface area contributed by atoms with Gasteiger partial charge in [0.05, 0.1) is 25.9 Å². The van der Waals surface area contributed by atoms with Crippen molar-refractivity contribution in [2.24, 2.45) is 5.73 Å². The number of hydrogen-bond donors (Lipinski definition) is 9. The summed E-state index contributed by atoms with van der Waals surface area (Å²) in [5.74, 6) is -3.77. The number of rotatable bonds is 8. The number of nitrogens with two attached hydrogens (primary N) is 1. The molecule has 0 spiro atoms. The summed E-state index contributed by atoms with van der Waals surface area (Å²) in [5.41, 5.74) is 9.94. The molecular formula is C69H86FN11O12S2. The first-order chi connectivity index (χ1) is 45.7. The number of ether oxygens (including phenoxy) is 3. The molecule has 1 aromatic heterocycles. The van der Waals surface area contributed by atoms with Crippen molar-refractivity contribution in [2.75, 3.05) is 58.5 Å². The van der Waals surface area contributed by atoms with Crippen LogP contribution in [0.15, 0.2) is 109 Å². The van der Waals surface area contributed by atoms with Gasteiger partial charge >= 0.3 is 0 Å². The van der Waals surface area contributed by atoms with E-state index in [1.807, 2.05) is 42.5 Å². The summed E-state index contributed by atoms with van der Waals surface area (Å²) >= 11 is 3.17. The number of allylic oxidation sites excluding steroid dienone is 1. The second-order valence-electron chi connectivity index (χ2n) is 24.6. The van der Waals surface area contributed by atoms with Crippen LogP contribution in [0.2, 0.25) is 0 Å². The van der Waals surface area contributed by atoms with E-state index in [4.69, 9.17) is 19.9 Å². The van der Waals surface area contributed by atoms with E-state index in [0.29, 0.717) is 82.2 Å². The van der Waals surface area contributed by atoms with Gasteiger partial charge in [0.2, 0.25) is 53.2 Å². The molecule has 9 amide bonds. The third-order valence-corrected chi connectivity index (χ3v) is 19.9. The zero-order valence-electron chi connectivity index (χ0n) is 54.2. The first kappa shape index (κ1) is 71.0. The molecule has 2 saturated heterocycles. The molecule has 4 aliphatic rings. The van der Waals surface area contributed by atoms with Crippen LogP contribution in [0, 0.1) is 5.82 Å². The first-order valence-corrected chi connectivity index (χ1v) is 34.5. The largest absolute Gasteiger partial charge is 0.497 e. The Bertz CT molecular complexity index is 3610. The summed E-state index contributed by atoms with van der Waals surface area (Å²) in [6.07, 6.45) is 4.31. The highest BCUT2D eigenvalue weighted by atomic mass is 32.2. The minimum atomic E-state index is -1.50. The van der Waals surface area contributed by atoms with Gasteiger partial charge in [-0.15, -0.1) is 0 Å². The molecule has 5 heterocycles. The molecule has 26 heteroatoms. The summed E-state index contributed by atoms with van der Waals surface area (Å²) in [4.78, 5) is 138. The monoisotopic (exact) mass is 1340 g/mol. The second-order valence-corrected chi connectivity index (χ2v) is 26.8. The Balaban J connectivity index is 1.07. The molecular weight excluding hydrogens is 1260 g/mol. The highest BCUT2D eigenvalue weighted by Gasteiger charge is 2.49. The van der Waals surface area contributed by atoms with Gasteiger partial charge in [0, 0.05) is 99.1 Å². The number of methoxy groups -OCH3 is 2. The molecule has 0 unspecified atom stereocenters. The summed E-state index contributed by atoms with van der Waals surface area (Å²) in [7, 11) is 2.88. The fraction of sp³-hybridized carbons (Fsp3) is 0.464. The van der Waals surface area contributed by atoms with E-state index in [1.165, 1.54) is 60.9 Å². The zero-order valence-corrected chi connectivity index (χ0v) is 55.8. The maximum Gasteiger partial charge on any atom is 0.246 e. The lowest BCUT2D eigenvalue weighted by Gasteiger charge is -2.37. The van der Waals surface area contributed by atoms with Crippen molar-refractivity contribution in [1.82, 2.24) is 52.0 Å². The lowest BCUT2D eigenvalue weighted by molar-refractivity contribution is -0.147. The summed E-state index contributed by atoms with van der Waals surface area (Å²) < 4.78 is 32.7. The topological polar surface area (TPSA) is 314 Å². The molecule has 10 N–H and O–H groups in total. The van der Waals surface area contributed by atoms with Crippen LogP contribution in [0.5, 0.6) is 5.75 Å². The van der Waals surface area contributed by atoms with Crippen molar-refractivity contribution in [3.05, 3.63) is 149 Å². The Morgan fingerprint density at radius 3 is 2.17 bits per heavy atom. The number of nitrogens with one attached hydrogen (secondary N) is 8. The molecule has 4 aliphatic heterocycles. The van der Waals surface area contributed by atoms with Crippen LogP contribution in [-0.2, 0) is 89.8 Å². The van der Waals surface area contributed by atoms with Crippen LogP contribution in [0.1, 0.15) is 79.8 Å². The summed E-state index contributed by atoms with van der Waals surface area (Å²) in [6.45, 7) is 4.88. The standard InChI is InChI=1S/C69H86FN11O12S2/c1-41-61(83)76-53-34-45-13-8-12-43(31-45)11-6-7-28-93-57-22-27-80(66(88)55(77-62(53)84)35-48-38-73-52-21-18-49(70)36-51(48)52)60(57)65(87)79-59(42(2)91-4)64(86)78-54(33-44-16-19-50(92-5)20-17-44)67(89)81-26-10-24-69(81,3)68(90)72-25-30-95-40-47-15-9-14-46(32-47)39-94-29-23-58(82)75-56(37-71)63(85)74-41/h6-9,12-21,31-32,36,38,41-42,53-57,59-60,73H,10-11,22-30,33-35,37,39-40,71H2,1-5H3,(H,72,90)(H,74,85)(H,75,82)(H,76,83)(H,77,84)(H,78,86)(H,79,87)/b7-6+/t41-,42-,53-,54-,55-,56-,57-,59-,60-,69-/m0/s1. The molecule has 0 aliphatic carbocycles. The van der Waals surface area contributed by atoms with E-state index < -0.39 is 113 Å². The van der Waals surface area contributed by atoms with E-state index in [2.05, 4.69) is 48.3 Å². The van der Waals surface area contributed by atoms with Crippen LogP contribution in [0.3, 0.4) is 0 Å². The average Bonchev–Trinajstić information content (AvgIpc) is 1.71. The van der Waals surface area contributed by atoms with Crippen LogP contribution in [0.25, 0.3) is 10.9 Å². The van der Waals surface area contributed by atoms with Gasteiger partial charge in [-0.25, -0.2) is 4.39 Å². The van der Waals surface area contributed by atoms with Gasteiger partial charge in [-0.3, -0.25) is 43.2 Å². The quantitative estimate of drug-likeness (QED) is 0.101. The van der Waals surface area contributed by atoms with E-state index in [9.17, 15) is 19.2 Å². The van der Waals surface area contributed by atoms with Gasteiger partial charge in [-0.05, 0) is 110 Å². The number of thioether (sulfide) groups is 2. The van der Waals surface area contributed by atoms with Crippen molar-refractivity contribution in [3.63, 3.8) is 0 Å². The van der Waals surface area contributed by atoms with E-state index >= 15 is 28.4 Å². The smallest absolute Gasteiger partial charge is 0.246 e. The number of fused-ring (bicyclic) bond motifs is 10. The molecule has 2 fully saturated rings. The Morgan fingerprint density at radius 2 is 1.43 bits per heavy atom. The SMILES string of the molecule is COc1ccc(C[C@@H]2NC(=O)[C@H]([C@H](C)OC)NC(=O)[C@@H]3[C@@H]4CCN3C(=O)[C@H](Cc3c[nH]c5ccc(F)cc35)NC(=O)[C@H](Cc3cccc(c3)C/C=C/CO4)NC(=O)[C@H](C)NC(=O)[C@H](CN)NC(=O)CCSCc3cccc(c3)CSCCNC(=O)[C@]3(C)CCCN3C2=O)cc1. The number of benzene rings is 4. The van der Waals surface area contributed by atoms with Crippen molar-refractivity contribution in [2.45, 2.75) is 144 Å². The fourth-order valence-electron chi connectivity index (χ4n) is 12.4. The molecule has 5 aromatic rings. The molecule has 9 rings (SSSR count). The van der Waals surface area contributed by atoms with Gasteiger partial charge in [-0.1, -0.05) is 72.8 Å². The Hall–Kier alpha value is -8.30. The number of halogens is 1. The number of nitrogens with zero attached hydrogens (tertiary/aromatic N) is 2. The Labute approximate surface area is 560 Å². The van der Waals surface area contributed by atoms with Crippen molar-refractivity contribution < 1.29 is 61.8 Å². The van der Waals surface area contributed by atoms with Crippen LogP contribution >= 0.6 is 23.5 Å². The lowest BCUT2D eigenvalue weighted by Crippen LogP contribution is -2.64.